The maximum absolute atomic E-state index is 11.4. The summed E-state index contributed by atoms with van der Waals surface area (Å²) in [7, 11) is 0. The lowest BCUT2D eigenvalue weighted by Crippen LogP contribution is -2.43. The Bertz CT molecular complexity index is 427. The van der Waals surface area contributed by atoms with Crippen LogP contribution in [0.3, 0.4) is 0 Å². The Morgan fingerprint density at radius 2 is 2.10 bits per heavy atom. The molecular weight excluding hydrogens is 262 g/mol. The molecule has 2 aliphatic carbocycles. The van der Waals surface area contributed by atoms with Gasteiger partial charge in [0, 0.05) is 18.2 Å². The average Bonchev–Trinajstić information content (AvgIpc) is 2.51. The maximum Gasteiger partial charge on any atom is 0.123 e. The molecule has 3 nitrogen and oxygen atoms in total. The highest BCUT2D eigenvalue weighted by molar-refractivity contribution is 5.54. The fourth-order valence-electron chi connectivity index (χ4n) is 4.28. The van der Waals surface area contributed by atoms with Gasteiger partial charge >= 0.3 is 0 Å². The zero-order chi connectivity index (χ0) is 15.2. The van der Waals surface area contributed by atoms with Gasteiger partial charge in [-0.05, 0) is 48.7 Å². The summed E-state index contributed by atoms with van der Waals surface area (Å²) in [6, 6.07) is 0. The number of carbonyl (C=O) groups is 1. The molecule has 0 heterocycles. The van der Waals surface area contributed by atoms with Crippen LogP contribution in [-0.2, 0) is 4.79 Å². The molecule has 2 aliphatic rings. The van der Waals surface area contributed by atoms with Gasteiger partial charge in [0.05, 0.1) is 0 Å². The third kappa shape index (κ3) is 3.65. The van der Waals surface area contributed by atoms with E-state index in [2.05, 4.69) is 12.7 Å². The van der Waals surface area contributed by atoms with Crippen LogP contribution < -0.4 is 5.73 Å². The molecule has 3 N–H and O–H groups in total. The van der Waals surface area contributed by atoms with Crippen molar-refractivity contribution in [1.29, 1.82) is 0 Å². The first-order chi connectivity index (χ1) is 10.2. The highest BCUT2D eigenvalue weighted by Gasteiger charge is 2.43. The molecule has 1 unspecified atom stereocenters. The molecule has 0 aromatic carbocycles. The fraction of sp³-hybridized carbons (Fsp3) is 0.611. The minimum atomic E-state index is -0.0198. The number of rotatable bonds is 5. The first-order valence-corrected chi connectivity index (χ1v) is 8.03. The van der Waals surface area contributed by atoms with Crippen LogP contribution in [-0.4, -0.2) is 18.0 Å². The van der Waals surface area contributed by atoms with Crippen molar-refractivity contribution in [3.63, 3.8) is 0 Å². The van der Waals surface area contributed by atoms with E-state index in [4.69, 9.17) is 5.73 Å². The lowest BCUT2D eigenvalue weighted by atomic mass is 9.58. The lowest BCUT2D eigenvalue weighted by molar-refractivity contribution is -0.118. The second-order valence-electron chi connectivity index (χ2n) is 6.43. The molecule has 0 spiro atoms. The van der Waals surface area contributed by atoms with Gasteiger partial charge in [0.2, 0.25) is 0 Å². The van der Waals surface area contributed by atoms with Crippen molar-refractivity contribution >= 4 is 6.29 Å². The van der Waals surface area contributed by atoms with Gasteiger partial charge < -0.3 is 15.6 Å². The second-order valence-corrected chi connectivity index (χ2v) is 6.43. The van der Waals surface area contributed by atoms with E-state index in [0.717, 1.165) is 12.7 Å². The van der Waals surface area contributed by atoms with Crippen LogP contribution in [0.5, 0.6) is 0 Å². The number of hydrogen-bond donors (Lipinski definition) is 2. The number of aliphatic hydroxyl groups excluding tert-OH is 1. The zero-order valence-electron chi connectivity index (χ0n) is 12.7. The van der Waals surface area contributed by atoms with Crippen molar-refractivity contribution in [3.8, 4) is 0 Å². The molecule has 2 saturated carbocycles. The van der Waals surface area contributed by atoms with Gasteiger partial charge in [-0.3, -0.25) is 0 Å². The molecule has 0 aromatic heterocycles. The Morgan fingerprint density at radius 3 is 2.76 bits per heavy atom. The number of allylic oxidation sites excluding steroid dienone is 4. The standard InChI is InChI=1S/C18H27NO2/c1-2-5-15(19)8-9-17-16-7-4-3-6-13(16)10-14(11-20)18(17)12-21/h2,5,8-9,11,13-14,16-18,21H,1,3-4,6-7,10,12,19H2/b9-8+,15-5-/t13-,14-,16?,17-,18+/m0/s1. The summed E-state index contributed by atoms with van der Waals surface area (Å²) in [5.41, 5.74) is 6.56. The summed E-state index contributed by atoms with van der Waals surface area (Å²) in [5.74, 6) is 1.47. The largest absolute Gasteiger partial charge is 0.399 e. The topological polar surface area (TPSA) is 63.3 Å². The second kappa shape index (κ2) is 7.60. The van der Waals surface area contributed by atoms with Crippen LogP contribution in [0.4, 0.5) is 0 Å². The normalized spacial score (nSPS) is 37.2. The van der Waals surface area contributed by atoms with E-state index in [1.54, 1.807) is 12.2 Å². The third-order valence-electron chi connectivity index (χ3n) is 5.29. The molecule has 0 saturated heterocycles. The van der Waals surface area contributed by atoms with E-state index in [9.17, 15) is 9.90 Å². The number of fused-ring (bicyclic) bond motifs is 1. The predicted octanol–water partition coefficient (Wildman–Crippen LogP) is 2.82. The van der Waals surface area contributed by atoms with Crippen LogP contribution in [0.2, 0.25) is 0 Å². The summed E-state index contributed by atoms with van der Waals surface area (Å²) in [6.07, 6.45) is 14.4. The van der Waals surface area contributed by atoms with E-state index in [-0.39, 0.29) is 24.4 Å². The van der Waals surface area contributed by atoms with Crippen LogP contribution in [0.1, 0.15) is 32.1 Å². The Hall–Kier alpha value is -1.35. The van der Waals surface area contributed by atoms with Gasteiger partial charge in [-0.1, -0.05) is 38.0 Å². The Labute approximate surface area is 127 Å². The summed E-state index contributed by atoms with van der Waals surface area (Å²) < 4.78 is 0. The van der Waals surface area contributed by atoms with E-state index >= 15 is 0 Å². The maximum atomic E-state index is 11.4. The van der Waals surface area contributed by atoms with E-state index < -0.39 is 0 Å². The molecular formula is C18H27NO2. The number of hydrogen-bond acceptors (Lipinski definition) is 3. The molecule has 3 heteroatoms. The summed E-state index contributed by atoms with van der Waals surface area (Å²) >= 11 is 0. The van der Waals surface area contributed by atoms with Gasteiger partial charge in [0.15, 0.2) is 0 Å². The molecule has 5 atom stereocenters. The highest BCUT2D eigenvalue weighted by Crippen LogP contribution is 2.48. The molecule has 0 amide bonds. The minimum absolute atomic E-state index is 0.0198. The molecule has 0 bridgehead atoms. The Kier molecular flexibility index (Phi) is 5.80. The molecule has 116 valence electrons. The highest BCUT2D eigenvalue weighted by atomic mass is 16.3. The van der Waals surface area contributed by atoms with Crippen molar-refractivity contribution in [3.05, 3.63) is 36.6 Å². The zero-order valence-corrected chi connectivity index (χ0v) is 12.7. The smallest absolute Gasteiger partial charge is 0.123 e. The Morgan fingerprint density at radius 1 is 1.33 bits per heavy atom. The molecule has 0 aromatic rings. The number of carbonyl (C=O) groups excluding carboxylic acids is 1. The summed E-state index contributed by atoms with van der Waals surface area (Å²) in [4.78, 5) is 11.4. The number of aldehydes is 1. The molecule has 2 rings (SSSR count). The fourth-order valence-corrected chi connectivity index (χ4v) is 4.28. The van der Waals surface area contributed by atoms with E-state index in [1.165, 1.54) is 25.7 Å². The van der Waals surface area contributed by atoms with Gasteiger partial charge in [-0.15, -0.1) is 0 Å². The summed E-state index contributed by atoms with van der Waals surface area (Å²) in [6.45, 7) is 3.72. The predicted molar refractivity (Wildman–Crippen MR) is 85.3 cm³/mol. The summed E-state index contributed by atoms with van der Waals surface area (Å²) in [5, 5.41) is 9.77. The SMILES string of the molecule is C=C/C=C(N)/C=C/[C@H]1C2CCCC[C@H]2C[C@@H](C=O)[C@H]1CO. The van der Waals surface area contributed by atoms with Crippen LogP contribution >= 0.6 is 0 Å². The minimum Gasteiger partial charge on any atom is -0.399 e. The first-order valence-electron chi connectivity index (χ1n) is 8.03. The van der Waals surface area contributed by atoms with E-state index in [1.807, 2.05) is 6.08 Å². The van der Waals surface area contributed by atoms with Crippen molar-refractivity contribution in [2.45, 2.75) is 32.1 Å². The van der Waals surface area contributed by atoms with Crippen molar-refractivity contribution in [2.75, 3.05) is 6.61 Å². The van der Waals surface area contributed by atoms with Crippen molar-refractivity contribution in [1.82, 2.24) is 0 Å². The molecule has 21 heavy (non-hydrogen) atoms. The molecule has 0 aliphatic heterocycles. The van der Waals surface area contributed by atoms with Gasteiger partial charge in [-0.25, -0.2) is 0 Å². The van der Waals surface area contributed by atoms with Crippen LogP contribution in [0.25, 0.3) is 0 Å². The van der Waals surface area contributed by atoms with Crippen molar-refractivity contribution in [2.24, 2.45) is 35.3 Å². The number of nitrogens with two attached hydrogens (primary N) is 1. The third-order valence-corrected chi connectivity index (χ3v) is 5.29. The van der Waals surface area contributed by atoms with Gasteiger partial charge in [0.1, 0.15) is 6.29 Å². The van der Waals surface area contributed by atoms with Gasteiger partial charge in [0.25, 0.3) is 0 Å². The molecule has 2 fully saturated rings. The monoisotopic (exact) mass is 289 g/mol. The quantitative estimate of drug-likeness (QED) is 0.604. The molecule has 0 radical (unpaired) electrons. The van der Waals surface area contributed by atoms with Gasteiger partial charge in [-0.2, -0.15) is 0 Å². The lowest BCUT2D eigenvalue weighted by Gasteiger charge is -2.46. The number of aliphatic hydroxyl groups is 1. The first kappa shape index (κ1) is 16.0. The Balaban J connectivity index is 2.23. The van der Waals surface area contributed by atoms with E-state index in [0.29, 0.717) is 17.5 Å². The van der Waals surface area contributed by atoms with Crippen molar-refractivity contribution < 1.29 is 9.90 Å². The van der Waals surface area contributed by atoms with Crippen LogP contribution in [0, 0.1) is 29.6 Å². The average molecular weight is 289 g/mol. The van der Waals surface area contributed by atoms with Crippen LogP contribution in [0.15, 0.2) is 36.6 Å².